The molecular weight excluding hydrogens is 446 g/mol. The van der Waals surface area contributed by atoms with Crippen LogP contribution in [0.2, 0.25) is 0 Å². The summed E-state index contributed by atoms with van der Waals surface area (Å²) in [4.78, 5) is 35.6. The summed E-state index contributed by atoms with van der Waals surface area (Å²) in [6.45, 7) is 4.03. The number of aromatic hydroxyl groups is 1. The van der Waals surface area contributed by atoms with E-state index in [1.165, 1.54) is 11.0 Å². The Morgan fingerprint density at radius 2 is 1.86 bits per heavy atom. The van der Waals surface area contributed by atoms with E-state index in [0.29, 0.717) is 28.8 Å². The molecule has 8 nitrogen and oxygen atoms in total. The minimum absolute atomic E-state index is 0.0742. The summed E-state index contributed by atoms with van der Waals surface area (Å²) >= 11 is 0. The molecule has 1 aromatic heterocycles. The monoisotopic (exact) mass is 469 g/mol. The Balaban J connectivity index is 1.74. The maximum Gasteiger partial charge on any atom is 0.302 e. The first-order chi connectivity index (χ1) is 16.9. The number of carbonyl (C=O) groups is 2. The lowest BCUT2D eigenvalue weighted by Crippen LogP contribution is -2.30. The van der Waals surface area contributed by atoms with Crippen LogP contribution in [-0.4, -0.2) is 38.5 Å². The van der Waals surface area contributed by atoms with Crippen LogP contribution >= 0.6 is 0 Å². The number of ketones is 1. The zero-order chi connectivity index (χ0) is 24.7. The fourth-order valence-corrected chi connectivity index (χ4v) is 4.31. The van der Waals surface area contributed by atoms with Crippen molar-refractivity contribution in [2.75, 3.05) is 11.5 Å². The molecule has 0 spiro atoms. The predicted octanol–water partition coefficient (Wildman–Crippen LogP) is 4.60. The van der Waals surface area contributed by atoms with Crippen LogP contribution in [0, 0.1) is 6.92 Å². The third-order valence-corrected chi connectivity index (χ3v) is 5.94. The molecule has 35 heavy (non-hydrogen) atoms. The Morgan fingerprint density at radius 3 is 2.60 bits per heavy atom. The van der Waals surface area contributed by atoms with Crippen LogP contribution in [0.15, 0.2) is 72.3 Å². The summed E-state index contributed by atoms with van der Waals surface area (Å²) in [6, 6.07) is 17.8. The number of aromatic amines is 1. The van der Waals surface area contributed by atoms with Crippen LogP contribution in [0.5, 0.6) is 11.5 Å². The highest BCUT2D eigenvalue weighted by atomic mass is 16.5. The third-order valence-electron chi connectivity index (χ3n) is 5.94. The number of benzene rings is 3. The molecule has 176 valence electrons. The van der Waals surface area contributed by atoms with Gasteiger partial charge in [-0.3, -0.25) is 14.5 Å². The fraction of sp³-hybridized carbons (Fsp3) is 0.148. The Bertz CT molecular complexity index is 1490. The fourth-order valence-electron chi connectivity index (χ4n) is 4.31. The standard InChI is InChI=1S/C27H23N3O5/c1-3-35-21-14-17(10-12-20(21)31)23-22(24(32)16-7-5-4-6-8-16)25(33)26(34)30(23)27-28-18-11-9-15(2)13-19(18)29-27/h4-14,23,31-32H,3H2,1-2H3,(H,28,29)/b24-22+. The molecule has 4 aromatic rings. The number of nitrogens with zero attached hydrogens (tertiary/aromatic N) is 2. The number of carbonyl (C=O) groups excluding carboxylic acids is 2. The number of hydrogen-bond acceptors (Lipinski definition) is 6. The lowest BCUT2D eigenvalue weighted by Gasteiger charge is -2.23. The zero-order valence-electron chi connectivity index (χ0n) is 19.1. The first kappa shape index (κ1) is 22.2. The molecule has 5 rings (SSSR count). The van der Waals surface area contributed by atoms with Crippen LogP contribution in [0.3, 0.4) is 0 Å². The molecule has 8 heteroatoms. The number of rotatable bonds is 5. The summed E-state index contributed by atoms with van der Waals surface area (Å²) < 4.78 is 5.53. The van der Waals surface area contributed by atoms with E-state index in [1.54, 1.807) is 49.4 Å². The number of fused-ring (bicyclic) bond motifs is 1. The highest BCUT2D eigenvalue weighted by Crippen LogP contribution is 2.43. The number of phenols is 1. The van der Waals surface area contributed by atoms with Crippen LogP contribution in [0.4, 0.5) is 5.95 Å². The van der Waals surface area contributed by atoms with E-state index >= 15 is 0 Å². The Labute approximate surface area is 201 Å². The van der Waals surface area contributed by atoms with Gasteiger partial charge in [0.2, 0.25) is 5.95 Å². The molecule has 0 bridgehead atoms. The van der Waals surface area contributed by atoms with Crippen molar-refractivity contribution in [3.63, 3.8) is 0 Å². The van der Waals surface area contributed by atoms with Crippen molar-refractivity contribution in [1.82, 2.24) is 9.97 Å². The minimum Gasteiger partial charge on any atom is -0.507 e. The van der Waals surface area contributed by atoms with Crippen LogP contribution in [0.25, 0.3) is 16.8 Å². The second-order valence-electron chi connectivity index (χ2n) is 8.28. The van der Waals surface area contributed by atoms with E-state index in [1.807, 2.05) is 25.1 Å². The van der Waals surface area contributed by atoms with Gasteiger partial charge in [-0.05, 0) is 49.2 Å². The molecule has 1 unspecified atom stereocenters. The quantitative estimate of drug-likeness (QED) is 0.223. The molecule has 0 radical (unpaired) electrons. The van der Waals surface area contributed by atoms with E-state index < -0.39 is 17.7 Å². The number of imidazole rings is 1. The zero-order valence-corrected chi connectivity index (χ0v) is 19.1. The molecule has 0 saturated carbocycles. The molecule has 1 saturated heterocycles. The van der Waals surface area contributed by atoms with Gasteiger partial charge in [0.1, 0.15) is 5.76 Å². The molecule has 1 atom stereocenters. The second-order valence-corrected chi connectivity index (χ2v) is 8.28. The summed E-state index contributed by atoms with van der Waals surface area (Å²) in [5, 5.41) is 21.4. The van der Waals surface area contributed by atoms with Gasteiger partial charge >= 0.3 is 5.91 Å². The largest absolute Gasteiger partial charge is 0.507 e. The topological polar surface area (TPSA) is 116 Å². The van der Waals surface area contributed by atoms with Crippen LogP contribution in [-0.2, 0) is 9.59 Å². The van der Waals surface area contributed by atoms with Gasteiger partial charge in [0.05, 0.1) is 29.3 Å². The van der Waals surface area contributed by atoms with Crippen molar-refractivity contribution < 1.29 is 24.5 Å². The molecule has 1 aliphatic heterocycles. The number of anilines is 1. The van der Waals surface area contributed by atoms with Crippen LogP contribution < -0.4 is 9.64 Å². The van der Waals surface area contributed by atoms with Crippen molar-refractivity contribution in [1.29, 1.82) is 0 Å². The van der Waals surface area contributed by atoms with Gasteiger partial charge in [-0.25, -0.2) is 4.98 Å². The number of hydrogen-bond donors (Lipinski definition) is 3. The average molecular weight is 469 g/mol. The third kappa shape index (κ3) is 3.78. The van der Waals surface area contributed by atoms with E-state index in [9.17, 15) is 19.8 Å². The lowest BCUT2D eigenvalue weighted by molar-refractivity contribution is -0.132. The van der Waals surface area contributed by atoms with Crippen molar-refractivity contribution in [2.24, 2.45) is 0 Å². The Hall–Kier alpha value is -4.59. The number of aliphatic hydroxyl groups excluding tert-OH is 1. The van der Waals surface area contributed by atoms with Gasteiger partial charge in [-0.2, -0.15) is 0 Å². The predicted molar refractivity (Wildman–Crippen MR) is 131 cm³/mol. The number of amides is 1. The average Bonchev–Trinajstić information content (AvgIpc) is 3.38. The van der Waals surface area contributed by atoms with E-state index in [2.05, 4.69) is 9.97 Å². The molecular formula is C27H23N3O5. The number of ether oxygens (including phenoxy) is 1. The first-order valence-corrected chi connectivity index (χ1v) is 11.2. The Kier molecular flexibility index (Phi) is 5.49. The molecule has 1 amide bonds. The number of phenolic OH excluding ortho intramolecular Hbond substituents is 1. The van der Waals surface area contributed by atoms with Gasteiger partial charge < -0.3 is 19.9 Å². The molecule has 2 heterocycles. The highest BCUT2D eigenvalue weighted by Gasteiger charge is 2.48. The summed E-state index contributed by atoms with van der Waals surface area (Å²) in [6.07, 6.45) is 0. The summed E-state index contributed by atoms with van der Waals surface area (Å²) in [5.74, 6) is -1.65. The summed E-state index contributed by atoms with van der Waals surface area (Å²) in [7, 11) is 0. The maximum absolute atomic E-state index is 13.3. The number of aliphatic hydroxyl groups is 1. The van der Waals surface area contributed by atoms with Gasteiger partial charge in [0.25, 0.3) is 5.78 Å². The SMILES string of the molecule is CCOc1cc(C2/C(=C(\O)c3ccccc3)C(=O)C(=O)N2c2nc3ccc(C)cc3[nH]2)ccc1O. The van der Waals surface area contributed by atoms with Crippen molar-refractivity contribution in [3.05, 3.63) is 89.0 Å². The molecule has 1 fully saturated rings. The van der Waals surface area contributed by atoms with Crippen molar-refractivity contribution in [3.8, 4) is 11.5 Å². The van der Waals surface area contributed by atoms with E-state index in [4.69, 9.17) is 4.74 Å². The highest BCUT2D eigenvalue weighted by molar-refractivity contribution is 6.51. The second kappa shape index (κ2) is 8.64. The summed E-state index contributed by atoms with van der Waals surface area (Å²) in [5.41, 5.74) is 3.15. The normalized spacial score (nSPS) is 17.3. The van der Waals surface area contributed by atoms with Gasteiger partial charge in [0.15, 0.2) is 11.5 Å². The number of aryl methyl sites for hydroxylation is 1. The maximum atomic E-state index is 13.3. The number of nitrogens with one attached hydrogen (secondary N) is 1. The van der Waals surface area contributed by atoms with Crippen molar-refractivity contribution in [2.45, 2.75) is 19.9 Å². The van der Waals surface area contributed by atoms with Crippen LogP contribution in [0.1, 0.15) is 29.7 Å². The van der Waals surface area contributed by atoms with Gasteiger partial charge in [0, 0.05) is 5.56 Å². The van der Waals surface area contributed by atoms with Gasteiger partial charge in [-0.1, -0.05) is 42.5 Å². The molecule has 0 aliphatic carbocycles. The number of Topliss-reactive ketones (excluding diaryl/α,β-unsaturated/α-hetero) is 1. The van der Waals surface area contributed by atoms with Crippen molar-refractivity contribution >= 4 is 34.4 Å². The minimum atomic E-state index is -1.00. The molecule has 1 aliphatic rings. The first-order valence-electron chi connectivity index (χ1n) is 11.2. The lowest BCUT2D eigenvalue weighted by atomic mass is 9.95. The van der Waals surface area contributed by atoms with Gasteiger partial charge in [-0.15, -0.1) is 0 Å². The van der Waals surface area contributed by atoms with E-state index in [0.717, 1.165) is 5.56 Å². The smallest absolute Gasteiger partial charge is 0.302 e. The molecule has 3 N–H and O–H groups in total. The molecule has 3 aromatic carbocycles. The number of aromatic nitrogens is 2. The Morgan fingerprint density at radius 1 is 1.09 bits per heavy atom. The van der Waals surface area contributed by atoms with E-state index in [-0.39, 0.29) is 28.8 Å². The number of H-pyrrole nitrogens is 1.